The average molecular weight is 622 g/mol. The Morgan fingerprint density at radius 2 is 1.80 bits per heavy atom. The van der Waals surface area contributed by atoms with E-state index in [9.17, 15) is 4.79 Å². The Bertz CT molecular complexity index is 1660. The summed E-state index contributed by atoms with van der Waals surface area (Å²) >= 11 is 4.73. The zero-order valence-corrected chi connectivity index (χ0v) is 24.2. The van der Waals surface area contributed by atoms with E-state index in [2.05, 4.69) is 41.6 Å². The topological polar surface area (TPSA) is 116 Å². The number of benzene rings is 3. The quantitative estimate of drug-likeness (QED) is 0.121. The highest BCUT2D eigenvalue weighted by Crippen LogP contribution is 2.41. The van der Waals surface area contributed by atoms with Crippen molar-refractivity contribution in [1.29, 1.82) is 0 Å². The average Bonchev–Trinajstić information content (AvgIpc) is 3.59. The lowest BCUT2D eigenvalue weighted by molar-refractivity contribution is -0.118. The number of para-hydroxylation sites is 1. The molecule has 0 aliphatic carbocycles. The minimum Gasteiger partial charge on any atom is -0.493 e. The molecule has 5 aromatic rings. The van der Waals surface area contributed by atoms with Crippen LogP contribution in [-0.2, 0) is 4.79 Å². The number of methoxy groups -OCH3 is 3. The van der Waals surface area contributed by atoms with Crippen molar-refractivity contribution in [2.75, 3.05) is 27.1 Å². The standard InChI is InChI=1S/C28H25BrN6O4S/c1-37-23-11-17(12-24(38-2)26(23)39-3)27-33-34-28(35(27)20-7-5-4-6-8-20)40-16-25(36)32-31-15-18-14-30-22-10-9-19(29)13-21(18)22/h4-15,30H,16H2,1-3H3,(H,32,36)/b31-15+. The van der Waals surface area contributed by atoms with Crippen LogP contribution in [0.15, 0.2) is 81.6 Å². The molecule has 2 heterocycles. The van der Waals surface area contributed by atoms with Gasteiger partial charge in [0.15, 0.2) is 22.5 Å². The van der Waals surface area contributed by atoms with Gasteiger partial charge in [-0.1, -0.05) is 45.9 Å². The highest BCUT2D eigenvalue weighted by molar-refractivity contribution is 9.10. The summed E-state index contributed by atoms with van der Waals surface area (Å²) in [6.45, 7) is 0. The molecule has 2 aromatic heterocycles. The number of thioether (sulfide) groups is 1. The number of amides is 1. The van der Waals surface area contributed by atoms with Crippen LogP contribution >= 0.6 is 27.7 Å². The van der Waals surface area contributed by atoms with E-state index in [0.717, 1.165) is 26.6 Å². The van der Waals surface area contributed by atoms with E-state index in [-0.39, 0.29) is 11.7 Å². The number of aromatic amines is 1. The van der Waals surface area contributed by atoms with Gasteiger partial charge in [-0.25, -0.2) is 5.43 Å². The number of carbonyl (C=O) groups is 1. The third kappa shape index (κ3) is 5.68. The number of halogens is 1. The highest BCUT2D eigenvalue weighted by atomic mass is 79.9. The van der Waals surface area contributed by atoms with Crippen molar-refractivity contribution in [1.82, 2.24) is 25.2 Å². The molecule has 0 unspecified atom stereocenters. The molecule has 10 nitrogen and oxygen atoms in total. The first-order valence-electron chi connectivity index (χ1n) is 12.0. The Balaban J connectivity index is 1.37. The summed E-state index contributed by atoms with van der Waals surface area (Å²) in [5.74, 6) is 1.82. The van der Waals surface area contributed by atoms with Crippen molar-refractivity contribution in [3.63, 3.8) is 0 Å². The number of carbonyl (C=O) groups excluding carboxylic acids is 1. The lowest BCUT2D eigenvalue weighted by atomic mass is 10.1. The molecule has 0 saturated heterocycles. The molecule has 204 valence electrons. The van der Waals surface area contributed by atoms with E-state index in [0.29, 0.717) is 33.8 Å². The van der Waals surface area contributed by atoms with Gasteiger partial charge < -0.3 is 19.2 Å². The number of H-pyrrole nitrogens is 1. The molecule has 1 amide bonds. The predicted octanol–water partition coefficient (Wildman–Crippen LogP) is 5.45. The number of hydrogen-bond donors (Lipinski definition) is 2. The molecule has 5 rings (SSSR count). The monoisotopic (exact) mass is 620 g/mol. The molecule has 0 fully saturated rings. The minimum absolute atomic E-state index is 0.0804. The molecule has 3 aromatic carbocycles. The fourth-order valence-electron chi connectivity index (χ4n) is 4.13. The number of hydrogen-bond acceptors (Lipinski definition) is 8. The largest absolute Gasteiger partial charge is 0.493 e. The molecule has 0 spiro atoms. The first kappa shape index (κ1) is 27.3. The smallest absolute Gasteiger partial charge is 0.250 e. The van der Waals surface area contributed by atoms with E-state index < -0.39 is 0 Å². The fourth-order valence-corrected chi connectivity index (χ4v) is 5.23. The van der Waals surface area contributed by atoms with Gasteiger partial charge in [-0.2, -0.15) is 5.10 Å². The molecular weight excluding hydrogens is 596 g/mol. The lowest BCUT2D eigenvalue weighted by Gasteiger charge is -2.15. The fraction of sp³-hybridized carbons (Fsp3) is 0.143. The van der Waals surface area contributed by atoms with Crippen LogP contribution in [0.4, 0.5) is 0 Å². The van der Waals surface area contributed by atoms with Crippen molar-refractivity contribution in [3.05, 3.63) is 76.9 Å². The molecule has 2 N–H and O–H groups in total. The minimum atomic E-state index is -0.279. The summed E-state index contributed by atoms with van der Waals surface area (Å²) in [5.41, 5.74) is 5.98. The van der Waals surface area contributed by atoms with Crippen LogP contribution in [0.5, 0.6) is 17.2 Å². The van der Waals surface area contributed by atoms with Crippen molar-refractivity contribution in [2.45, 2.75) is 5.16 Å². The highest BCUT2D eigenvalue weighted by Gasteiger charge is 2.21. The summed E-state index contributed by atoms with van der Waals surface area (Å²) < 4.78 is 19.4. The van der Waals surface area contributed by atoms with Gasteiger partial charge in [0.2, 0.25) is 5.75 Å². The van der Waals surface area contributed by atoms with E-state index >= 15 is 0 Å². The first-order chi connectivity index (χ1) is 19.5. The number of nitrogens with zero attached hydrogens (tertiary/aromatic N) is 4. The van der Waals surface area contributed by atoms with Gasteiger partial charge in [0.05, 0.1) is 33.3 Å². The van der Waals surface area contributed by atoms with Gasteiger partial charge in [-0.15, -0.1) is 10.2 Å². The lowest BCUT2D eigenvalue weighted by Crippen LogP contribution is -2.20. The van der Waals surface area contributed by atoms with E-state index in [1.165, 1.54) is 11.8 Å². The molecule has 0 saturated carbocycles. The zero-order chi connectivity index (χ0) is 28.1. The summed E-state index contributed by atoms with van der Waals surface area (Å²) in [6, 6.07) is 19.2. The zero-order valence-electron chi connectivity index (χ0n) is 21.8. The molecular formula is C28H25BrN6O4S. The second-order valence-corrected chi connectivity index (χ2v) is 10.3. The molecule has 0 bridgehead atoms. The third-order valence-corrected chi connectivity index (χ3v) is 7.39. The molecule has 40 heavy (non-hydrogen) atoms. The summed E-state index contributed by atoms with van der Waals surface area (Å²) in [4.78, 5) is 15.8. The normalized spacial score (nSPS) is 11.2. The first-order valence-corrected chi connectivity index (χ1v) is 13.8. The maximum absolute atomic E-state index is 12.7. The summed E-state index contributed by atoms with van der Waals surface area (Å²) in [6.07, 6.45) is 3.46. The maximum atomic E-state index is 12.7. The van der Waals surface area contributed by atoms with Gasteiger partial charge >= 0.3 is 0 Å². The Kier molecular flexibility index (Phi) is 8.37. The second-order valence-electron chi connectivity index (χ2n) is 8.41. The van der Waals surface area contributed by atoms with Crippen LogP contribution in [0.25, 0.3) is 28.0 Å². The summed E-state index contributed by atoms with van der Waals surface area (Å²) in [5, 5.41) is 14.5. The molecule has 0 radical (unpaired) electrons. The Morgan fingerprint density at radius 3 is 2.50 bits per heavy atom. The number of hydrazone groups is 1. The summed E-state index contributed by atoms with van der Waals surface area (Å²) in [7, 11) is 4.67. The van der Waals surface area contributed by atoms with Crippen LogP contribution < -0.4 is 19.6 Å². The van der Waals surface area contributed by atoms with E-state index in [1.54, 1.807) is 27.5 Å². The molecule has 0 aliphatic heterocycles. The number of ether oxygens (including phenoxy) is 3. The predicted molar refractivity (Wildman–Crippen MR) is 159 cm³/mol. The molecule has 12 heteroatoms. The van der Waals surface area contributed by atoms with Gasteiger partial charge in [0.1, 0.15) is 0 Å². The van der Waals surface area contributed by atoms with Gasteiger partial charge in [0.25, 0.3) is 5.91 Å². The number of aromatic nitrogens is 4. The van der Waals surface area contributed by atoms with Crippen molar-refractivity contribution in [2.24, 2.45) is 5.10 Å². The van der Waals surface area contributed by atoms with Crippen LogP contribution in [0.3, 0.4) is 0 Å². The van der Waals surface area contributed by atoms with Gasteiger partial charge in [-0.05, 0) is 42.5 Å². The molecule has 0 atom stereocenters. The van der Waals surface area contributed by atoms with Crippen LogP contribution in [-0.4, -0.2) is 59.0 Å². The number of rotatable bonds is 10. The number of nitrogens with one attached hydrogen (secondary N) is 2. The van der Waals surface area contributed by atoms with Crippen molar-refractivity contribution < 1.29 is 19.0 Å². The van der Waals surface area contributed by atoms with Crippen LogP contribution in [0, 0.1) is 0 Å². The van der Waals surface area contributed by atoms with Gasteiger partial charge in [0, 0.05) is 38.4 Å². The SMILES string of the molecule is COc1cc(-c2nnc(SCC(=O)N/N=C/c3c[nH]c4ccc(Br)cc34)n2-c2ccccc2)cc(OC)c1OC. The maximum Gasteiger partial charge on any atom is 0.250 e. The van der Waals surface area contributed by atoms with E-state index in [1.807, 2.05) is 71.4 Å². The second kappa shape index (κ2) is 12.3. The van der Waals surface area contributed by atoms with Gasteiger partial charge in [-0.3, -0.25) is 9.36 Å². The van der Waals surface area contributed by atoms with E-state index in [4.69, 9.17) is 14.2 Å². The van der Waals surface area contributed by atoms with Crippen molar-refractivity contribution in [3.8, 4) is 34.3 Å². The number of fused-ring (bicyclic) bond motifs is 1. The Labute approximate surface area is 242 Å². The third-order valence-electron chi connectivity index (χ3n) is 5.97. The van der Waals surface area contributed by atoms with Crippen LogP contribution in [0.2, 0.25) is 0 Å². The Morgan fingerprint density at radius 1 is 1.05 bits per heavy atom. The molecule has 0 aliphatic rings. The Hall–Kier alpha value is -4.29. The van der Waals surface area contributed by atoms with Crippen LogP contribution in [0.1, 0.15) is 5.56 Å². The van der Waals surface area contributed by atoms with Crippen molar-refractivity contribution >= 4 is 50.7 Å².